The number of imidazole rings is 1. The summed E-state index contributed by atoms with van der Waals surface area (Å²) in [5, 5.41) is 6.91. The molecule has 1 aromatic rings. The molecule has 2 N–H and O–H groups in total. The lowest BCUT2D eigenvalue weighted by Gasteiger charge is -2.28. The third kappa shape index (κ3) is 4.87. The molecule has 20 heavy (non-hydrogen) atoms. The fourth-order valence-electron chi connectivity index (χ4n) is 2.61. The van der Waals surface area contributed by atoms with Gasteiger partial charge in [-0.3, -0.25) is 4.99 Å². The SMILES string of the molecule is CCNC(=NCCn1ccnc1)NC1CCC(C)CC1. The second kappa shape index (κ2) is 7.92. The largest absolute Gasteiger partial charge is 0.357 e. The van der Waals surface area contributed by atoms with Gasteiger partial charge in [0.2, 0.25) is 0 Å². The van der Waals surface area contributed by atoms with Crippen LogP contribution in [0.5, 0.6) is 0 Å². The zero-order valence-corrected chi connectivity index (χ0v) is 12.7. The van der Waals surface area contributed by atoms with Crippen molar-refractivity contribution in [3.05, 3.63) is 18.7 Å². The van der Waals surface area contributed by atoms with Gasteiger partial charge in [-0.25, -0.2) is 4.98 Å². The summed E-state index contributed by atoms with van der Waals surface area (Å²) in [7, 11) is 0. The number of nitrogens with one attached hydrogen (secondary N) is 2. The third-order valence-electron chi connectivity index (χ3n) is 3.89. The van der Waals surface area contributed by atoms with Gasteiger partial charge in [0.25, 0.3) is 0 Å². The first-order valence-electron chi connectivity index (χ1n) is 7.78. The van der Waals surface area contributed by atoms with Crippen LogP contribution in [-0.2, 0) is 6.54 Å². The molecule has 5 nitrogen and oxygen atoms in total. The second-order valence-corrected chi connectivity index (χ2v) is 5.66. The van der Waals surface area contributed by atoms with Crippen LogP contribution in [0.1, 0.15) is 39.5 Å². The molecule has 1 aliphatic rings. The van der Waals surface area contributed by atoms with E-state index >= 15 is 0 Å². The van der Waals surface area contributed by atoms with Gasteiger partial charge in [-0.15, -0.1) is 0 Å². The third-order valence-corrected chi connectivity index (χ3v) is 3.89. The normalized spacial score (nSPS) is 23.6. The average molecular weight is 277 g/mol. The van der Waals surface area contributed by atoms with Crippen molar-refractivity contribution in [1.82, 2.24) is 20.2 Å². The molecule has 1 heterocycles. The molecule has 1 saturated carbocycles. The molecule has 0 aliphatic heterocycles. The van der Waals surface area contributed by atoms with Gasteiger partial charge in [-0.05, 0) is 38.5 Å². The van der Waals surface area contributed by atoms with Crippen molar-refractivity contribution < 1.29 is 0 Å². The first-order valence-corrected chi connectivity index (χ1v) is 7.78. The summed E-state index contributed by atoms with van der Waals surface area (Å²) in [6.45, 7) is 7.00. The van der Waals surface area contributed by atoms with Crippen molar-refractivity contribution in [3.8, 4) is 0 Å². The van der Waals surface area contributed by atoms with Crippen molar-refractivity contribution >= 4 is 5.96 Å². The van der Waals surface area contributed by atoms with Gasteiger partial charge in [0.15, 0.2) is 5.96 Å². The van der Waals surface area contributed by atoms with Crippen LogP contribution in [0.15, 0.2) is 23.7 Å². The molecule has 5 heteroatoms. The molecule has 0 spiro atoms. The predicted octanol–water partition coefficient (Wildman–Crippen LogP) is 2.02. The van der Waals surface area contributed by atoms with Crippen LogP contribution in [0.2, 0.25) is 0 Å². The van der Waals surface area contributed by atoms with E-state index in [2.05, 4.69) is 39.0 Å². The standard InChI is InChI=1S/C15H27N5/c1-3-17-15(18-9-11-20-10-8-16-12-20)19-14-6-4-13(2)5-7-14/h8,10,12-14H,3-7,9,11H2,1-2H3,(H2,17,18,19). The summed E-state index contributed by atoms with van der Waals surface area (Å²) in [5.41, 5.74) is 0. The first kappa shape index (κ1) is 14.9. The monoisotopic (exact) mass is 277 g/mol. The summed E-state index contributed by atoms with van der Waals surface area (Å²) in [5.74, 6) is 1.83. The average Bonchev–Trinajstić information content (AvgIpc) is 2.95. The van der Waals surface area contributed by atoms with E-state index in [0.29, 0.717) is 6.04 Å². The Morgan fingerprint density at radius 3 is 2.80 bits per heavy atom. The molecular formula is C15H27N5. The van der Waals surface area contributed by atoms with Crippen LogP contribution in [-0.4, -0.2) is 34.6 Å². The molecule has 0 radical (unpaired) electrons. The summed E-state index contributed by atoms with van der Waals surface area (Å²) in [6, 6.07) is 0.581. The summed E-state index contributed by atoms with van der Waals surface area (Å²) >= 11 is 0. The first-order chi connectivity index (χ1) is 9.78. The lowest BCUT2D eigenvalue weighted by Crippen LogP contribution is -2.44. The van der Waals surface area contributed by atoms with Crippen LogP contribution in [0.25, 0.3) is 0 Å². The molecule has 0 atom stereocenters. The molecule has 1 fully saturated rings. The quantitative estimate of drug-likeness (QED) is 0.639. The highest BCUT2D eigenvalue weighted by molar-refractivity contribution is 5.80. The number of nitrogens with zero attached hydrogens (tertiary/aromatic N) is 3. The second-order valence-electron chi connectivity index (χ2n) is 5.66. The molecule has 1 aliphatic carbocycles. The van der Waals surface area contributed by atoms with E-state index in [0.717, 1.165) is 31.5 Å². The Hall–Kier alpha value is -1.52. The Morgan fingerprint density at radius 1 is 1.35 bits per heavy atom. The van der Waals surface area contributed by atoms with Crippen LogP contribution < -0.4 is 10.6 Å². The van der Waals surface area contributed by atoms with E-state index in [-0.39, 0.29) is 0 Å². The Balaban J connectivity index is 1.79. The van der Waals surface area contributed by atoms with Gasteiger partial charge in [0.1, 0.15) is 0 Å². The number of rotatable bonds is 5. The maximum absolute atomic E-state index is 4.65. The molecular weight excluding hydrogens is 250 g/mol. The molecule has 0 aromatic carbocycles. The zero-order valence-electron chi connectivity index (χ0n) is 12.7. The van der Waals surface area contributed by atoms with Crippen molar-refractivity contribution in [1.29, 1.82) is 0 Å². The number of hydrogen-bond donors (Lipinski definition) is 2. The van der Waals surface area contributed by atoms with E-state index in [1.165, 1.54) is 25.7 Å². The number of aliphatic imine (C=N–C) groups is 1. The van der Waals surface area contributed by atoms with Crippen LogP contribution in [0, 0.1) is 5.92 Å². The summed E-state index contributed by atoms with van der Waals surface area (Å²) in [6.07, 6.45) is 10.8. The molecule has 0 unspecified atom stereocenters. The Labute approximate surface area is 121 Å². The van der Waals surface area contributed by atoms with E-state index in [1.54, 1.807) is 6.20 Å². The minimum atomic E-state index is 0.581. The van der Waals surface area contributed by atoms with Gasteiger partial charge in [-0.1, -0.05) is 6.92 Å². The van der Waals surface area contributed by atoms with Gasteiger partial charge in [0.05, 0.1) is 12.9 Å². The van der Waals surface area contributed by atoms with Crippen molar-refractivity contribution in [3.63, 3.8) is 0 Å². The van der Waals surface area contributed by atoms with E-state index in [4.69, 9.17) is 0 Å². The van der Waals surface area contributed by atoms with Crippen LogP contribution >= 0.6 is 0 Å². The minimum Gasteiger partial charge on any atom is -0.357 e. The minimum absolute atomic E-state index is 0.581. The molecule has 1 aromatic heterocycles. The van der Waals surface area contributed by atoms with Gasteiger partial charge in [-0.2, -0.15) is 0 Å². The highest BCUT2D eigenvalue weighted by Gasteiger charge is 2.18. The van der Waals surface area contributed by atoms with Crippen molar-refractivity contribution in [2.24, 2.45) is 10.9 Å². The molecule has 0 saturated heterocycles. The van der Waals surface area contributed by atoms with Crippen LogP contribution in [0.3, 0.4) is 0 Å². The summed E-state index contributed by atoms with van der Waals surface area (Å²) < 4.78 is 2.05. The van der Waals surface area contributed by atoms with Crippen molar-refractivity contribution in [2.45, 2.75) is 52.1 Å². The van der Waals surface area contributed by atoms with Gasteiger partial charge in [0, 0.05) is 31.5 Å². The molecule has 2 rings (SSSR count). The van der Waals surface area contributed by atoms with Gasteiger partial charge >= 0.3 is 0 Å². The molecule has 0 amide bonds. The topological polar surface area (TPSA) is 54.2 Å². The number of guanidine groups is 1. The number of hydrogen-bond acceptors (Lipinski definition) is 2. The van der Waals surface area contributed by atoms with Crippen LogP contribution in [0.4, 0.5) is 0 Å². The highest BCUT2D eigenvalue weighted by atomic mass is 15.2. The van der Waals surface area contributed by atoms with Crippen molar-refractivity contribution in [2.75, 3.05) is 13.1 Å². The maximum Gasteiger partial charge on any atom is 0.191 e. The molecule has 0 bridgehead atoms. The lowest BCUT2D eigenvalue weighted by molar-refractivity contribution is 0.329. The summed E-state index contributed by atoms with van der Waals surface area (Å²) in [4.78, 5) is 8.69. The fourth-order valence-corrected chi connectivity index (χ4v) is 2.61. The lowest BCUT2D eigenvalue weighted by atomic mass is 9.87. The Kier molecular flexibility index (Phi) is 5.89. The molecule has 112 valence electrons. The zero-order chi connectivity index (χ0) is 14.2. The fraction of sp³-hybridized carbons (Fsp3) is 0.733. The predicted molar refractivity (Wildman–Crippen MR) is 82.8 cm³/mol. The Bertz CT molecular complexity index is 390. The number of aromatic nitrogens is 2. The van der Waals surface area contributed by atoms with E-state index in [1.807, 2.05) is 12.5 Å². The Morgan fingerprint density at radius 2 is 2.15 bits per heavy atom. The highest BCUT2D eigenvalue weighted by Crippen LogP contribution is 2.23. The van der Waals surface area contributed by atoms with Gasteiger partial charge < -0.3 is 15.2 Å². The maximum atomic E-state index is 4.65. The van der Waals surface area contributed by atoms with E-state index in [9.17, 15) is 0 Å². The smallest absolute Gasteiger partial charge is 0.191 e. The van der Waals surface area contributed by atoms with E-state index < -0.39 is 0 Å².